The van der Waals surface area contributed by atoms with Crippen LogP contribution < -0.4 is 11.5 Å². The fourth-order valence-corrected chi connectivity index (χ4v) is 1.93. The largest absolute Gasteiger partial charge is 0.383 e. The van der Waals surface area contributed by atoms with Crippen LogP contribution in [0, 0.1) is 5.82 Å². The summed E-state index contributed by atoms with van der Waals surface area (Å²) >= 11 is 5.70. The molecule has 1 aromatic heterocycles. The molecular weight excluding hydrogens is 253 g/mol. The molecule has 0 fully saturated rings. The predicted molar refractivity (Wildman–Crippen MR) is 70.7 cm³/mol. The Bertz CT molecular complexity index is 560. The molecule has 1 heterocycles. The average molecular weight is 266 g/mol. The van der Waals surface area contributed by atoms with Crippen LogP contribution in [0.25, 0.3) is 0 Å². The number of pyridine rings is 1. The molecule has 0 aliphatic heterocycles. The van der Waals surface area contributed by atoms with Crippen molar-refractivity contribution < 1.29 is 4.39 Å². The van der Waals surface area contributed by atoms with E-state index in [2.05, 4.69) is 4.98 Å². The van der Waals surface area contributed by atoms with Crippen LogP contribution in [0.4, 0.5) is 10.2 Å². The Balaban J connectivity index is 2.22. The first kappa shape index (κ1) is 12.8. The first-order chi connectivity index (χ1) is 8.58. The van der Waals surface area contributed by atoms with Gasteiger partial charge in [-0.2, -0.15) is 0 Å². The molecule has 0 saturated heterocycles. The summed E-state index contributed by atoms with van der Waals surface area (Å²) in [5, 5.41) is 0.351. The Morgan fingerprint density at radius 3 is 2.78 bits per heavy atom. The number of nitrogens with zero attached hydrogens (tertiary/aromatic N) is 1. The van der Waals surface area contributed by atoms with E-state index in [1.807, 2.05) is 6.07 Å². The first-order valence-corrected chi connectivity index (χ1v) is 5.85. The van der Waals surface area contributed by atoms with E-state index in [0.717, 1.165) is 5.56 Å². The monoisotopic (exact) mass is 265 g/mol. The third-order valence-corrected chi connectivity index (χ3v) is 2.96. The van der Waals surface area contributed by atoms with Crippen molar-refractivity contribution in [2.75, 3.05) is 5.73 Å². The minimum atomic E-state index is -0.478. The maximum atomic E-state index is 13.7. The molecule has 0 spiro atoms. The van der Waals surface area contributed by atoms with Crippen molar-refractivity contribution in [3.63, 3.8) is 0 Å². The fraction of sp³-hybridized carbons (Fsp3) is 0.154. The lowest BCUT2D eigenvalue weighted by Gasteiger charge is -2.14. The van der Waals surface area contributed by atoms with Gasteiger partial charge in [0, 0.05) is 22.8 Å². The number of aromatic nitrogens is 1. The summed E-state index contributed by atoms with van der Waals surface area (Å²) in [4.78, 5) is 3.97. The Kier molecular flexibility index (Phi) is 3.79. The Hall–Kier alpha value is -1.65. The van der Waals surface area contributed by atoms with Gasteiger partial charge in [0.25, 0.3) is 0 Å². The molecule has 94 valence electrons. The highest BCUT2D eigenvalue weighted by atomic mass is 35.5. The highest BCUT2D eigenvalue weighted by Crippen LogP contribution is 2.23. The standard InChI is InChI=1S/C13H13ClFN3/c14-9-3-4-10(11(15)7-9)12(16)6-8-2-1-5-18-13(8)17/h1-5,7,12H,6,16H2,(H2,17,18). The Morgan fingerprint density at radius 1 is 1.33 bits per heavy atom. The van der Waals surface area contributed by atoms with Crippen LogP contribution in [0.1, 0.15) is 17.2 Å². The maximum absolute atomic E-state index is 13.7. The van der Waals surface area contributed by atoms with Gasteiger partial charge < -0.3 is 11.5 Å². The number of benzene rings is 1. The summed E-state index contributed by atoms with van der Waals surface area (Å²) in [6.45, 7) is 0. The molecule has 3 nitrogen and oxygen atoms in total. The number of hydrogen-bond acceptors (Lipinski definition) is 3. The van der Waals surface area contributed by atoms with Gasteiger partial charge >= 0.3 is 0 Å². The lowest BCUT2D eigenvalue weighted by Crippen LogP contribution is -2.16. The third-order valence-electron chi connectivity index (χ3n) is 2.73. The molecule has 0 aliphatic carbocycles. The number of halogens is 2. The third kappa shape index (κ3) is 2.78. The van der Waals surface area contributed by atoms with Crippen molar-refractivity contribution in [1.82, 2.24) is 4.98 Å². The topological polar surface area (TPSA) is 64.9 Å². The number of anilines is 1. The highest BCUT2D eigenvalue weighted by Gasteiger charge is 2.13. The van der Waals surface area contributed by atoms with Gasteiger partial charge in [-0.25, -0.2) is 9.37 Å². The van der Waals surface area contributed by atoms with E-state index in [-0.39, 0.29) is 0 Å². The molecule has 2 rings (SSSR count). The first-order valence-electron chi connectivity index (χ1n) is 5.48. The van der Waals surface area contributed by atoms with Gasteiger partial charge in [-0.15, -0.1) is 0 Å². The lowest BCUT2D eigenvalue weighted by molar-refractivity contribution is 0.580. The van der Waals surface area contributed by atoms with Crippen LogP contribution in [-0.2, 0) is 6.42 Å². The van der Waals surface area contributed by atoms with E-state index < -0.39 is 11.9 Å². The highest BCUT2D eigenvalue weighted by molar-refractivity contribution is 6.30. The average Bonchev–Trinajstić information content (AvgIpc) is 2.32. The molecule has 5 heteroatoms. The van der Waals surface area contributed by atoms with Crippen molar-refractivity contribution in [3.05, 3.63) is 58.5 Å². The van der Waals surface area contributed by atoms with Crippen molar-refractivity contribution in [3.8, 4) is 0 Å². The van der Waals surface area contributed by atoms with E-state index in [9.17, 15) is 4.39 Å². The van der Waals surface area contributed by atoms with Gasteiger partial charge in [0.2, 0.25) is 0 Å². The summed E-state index contributed by atoms with van der Waals surface area (Å²) in [5.41, 5.74) is 12.9. The number of hydrogen-bond donors (Lipinski definition) is 2. The molecule has 1 atom stereocenters. The van der Waals surface area contributed by atoms with E-state index in [1.54, 1.807) is 24.4 Å². The smallest absolute Gasteiger partial charge is 0.129 e. The molecule has 4 N–H and O–H groups in total. The van der Waals surface area contributed by atoms with E-state index in [1.165, 1.54) is 6.07 Å². The molecule has 1 aromatic carbocycles. The quantitative estimate of drug-likeness (QED) is 0.897. The second kappa shape index (κ2) is 5.33. The van der Waals surface area contributed by atoms with Crippen molar-refractivity contribution in [2.24, 2.45) is 5.73 Å². The zero-order valence-electron chi connectivity index (χ0n) is 9.61. The van der Waals surface area contributed by atoms with Crippen molar-refractivity contribution >= 4 is 17.4 Å². The van der Waals surface area contributed by atoms with Crippen LogP contribution in [0.2, 0.25) is 5.02 Å². The Morgan fingerprint density at radius 2 is 2.11 bits per heavy atom. The van der Waals surface area contributed by atoms with Crippen LogP contribution in [0.5, 0.6) is 0 Å². The summed E-state index contributed by atoms with van der Waals surface area (Å²) in [5.74, 6) is 0.0137. The molecule has 0 radical (unpaired) electrons. The van der Waals surface area contributed by atoms with Gasteiger partial charge in [0.1, 0.15) is 11.6 Å². The second-order valence-electron chi connectivity index (χ2n) is 4.02. The van der Waals surface area contributed by atoms with Gasteiger partial charge in [0.15, 0.2) is 0 Å². The SMILES string of the molecule is Nc1ncccc1CC(N)c1ccc(Cl)cc1F. The number of rotatable bonds is 3. The molecule has 1 unspecified atom stereocenters. The molecule has 18 heavy (non-hydrogen) atoms. The Labute approximate surface area is 110 Å². The normalized spacial score (nSPS) is 12.4. The zero-order valence-corrected chi connectivity index (χ0v) is 10.4. The molecule has 0 amide bonds. The molecule has 0 aliphatic rings. The van der Waals surface area contributed by atoms with Gasteiger partial charge in [-0.05, 0) is 30.2 Å². The molecule has 2 aromatic rings. The summed E-state index contributed by atoms with van der Waals surface area (Å²) in [7, 11) is 0. The van der Waals surface area contributed by atoms with Gasteiger partial charge in [-0.3, -0.25) is 0 Å². The predicted octanol–water partition coefficient (Wildman–Crippen LogP) is 2.70. The summed E-state index contributed by atoms with van der Waals surface area (Å²) in [6, 6.07) is 7.59. The minimum absolute atomic E-state index is 0.351. The van der Waals surface area contributed by atoms with Crippen LogP contribution in [0.3, 0.4) is 0 Å². The number of nitrogen functional groups attached to an aromatic ring is 1. The second-order valence-corrected chi connectivity index (χ2v) is 4.46. The van der Waals surface area contributed by atoms with E-state index >= 15 is 0 Å². The van der Waals surface area contributed by atoms with Crippen LogP contribution >= 0.6 is 11.6 Å². The maximum Gasteiger partial charge on any atom is 0.129 e. The van der Waals surface area contributed by atoms with Crippen LogP contribution in [-0.4, -0.2) is 4.98 Å². The zero-order chi connectivity index (χ0) is 13.1. The van der Waals surface area contributed by atoms with Gasteiger partial charge in [-0.1, -0.05) is 23.7 Å². The van der Waals surface area contributed by atoms with Crippen LogP contribution in [0.15, 0.2) is 36.5 Å². The number of nitrogens with two attached hydrogens (primary N) is 2. The lowest BCUT2D eigenvalue weighted by atomic mass is 10.00. The van der Waals surface area contributed by atoms with Crippen molar-refractivity contribution in [2.45, 2.75) is 12.5 Å². The van der Waals surface area contributed by atoms with Crippen molar-refractivity contribution in [1.29, 1.82) is 0 Å². The minimum Gasteiger partial charge on any atom is -0.383 e. The molecule has 0 saturated carbocycles. The van der Waals surface area contributed by atoms with E-state index in [0.29, 0.717) is 22.8 Å². The van der Waals surface area contributed by atoms with E-state index in [4.69, 9.17) is 23.1 Å². The summed E-state index contributed by atoms with van der Waals surface area (Å²) < 4.78 is 13.7. The molecular formula is C13H13ClFN3. The summed E-state index contributed by atoms with van der Waals surface area (Å²) in [6.07, 6.45) is 2.03. The fourth-order valence-electron chi connectivity index (χ4n) is 1.77. The molecule has 0 bridgehead atoms. The van der Waals surface area contributed by atoms with Gasteiger partial charge in [0.05, 0.1) is 0 Å².